The van der Waals surface area contributed by atoms with Crippen molar-refractivity contribution in [3.63, 3.8) is 0 Å². The number of para-hydroxylation sites is 1. The Labute approximate surface area is 102 Å². The normalized spacial score (nSPS) is 11.9. The Morgan fingerprint density at radius 1 is 1.41 bits per heavy atom. The number of ether oxygens (including phenoxy) is 1. The van der Waals surface area contributed by atoms with Crippen LogP contribution >= 0.6 is 0 Å². The van der Waals surface area contributed by atoms with Gasteiger partial charge in [-0.3, -0.25) is 4.79 Å². The molecule has 0 heterocycles. The molecule has 1 unspecified atom stereocenters. The van der Waals surface area contributed by atoms with Gasteiger partial charge >= 0.3 is 0 Å². The molecular formula is C13H19NO3. The molecule has 0 aliphatic heterocycles. The first-order valence-electron chi connectivity index (χ1n) is 5.80. The molecule has 0 fully saturated rings. The highest BCUT2D eigenvalue weighted by Crippen LogP contribution is 2.08. The van der Waals surface area contributed by atoms with Gasteiger partial charge in [-0.1, -0.05) is 18.2 Å². The van der Waals surface area contributed by atoms with Crippen LogP contribution in [0.3, 0.4) is 0 Å². The number of rotatable bonds is 7. The highest BCUT2D eigenvalue weighted by atomic mass is 16.5. The second-order valence-corrected chi connectivity index (χ2v) is 3.89. The van der Waals surface area contributed by atoms with Crippen LogP contribution in [0.1, 0.15) is 19.8 Å². The molecule has 1 rings (SSSR count). The summed E-state index contributed by atoms with van der Waals surface area (Å²) in [6.45, 7) is 2.32. The van der Waals surface area contributed by atoms with E-state index in [1.54, 1.807) is 0 Å². The van der Waals surface area contributed by atoms with Crippen LogP contribution in [0, 0.1) is 0 Å². The minimum atomic E-state index is -0.0538. The van der Waals surface area contributed by atoms with Gasteiger partial charge in [0, 0.05) is 12.6 Å². The number of hydrogen-bond donors (Lipinski definition) is 2. The summed E-state index contributed by atoms with van der Waals surface area (Å²) in [5, 5.41) is 11.5. The van der Waals surface area contributed by atoms with Gasteiger partial charge in [0.1, 0.15) is 5.75 Å². The molecule has 4 nitrogen and oxygen atoms in total. The quantitative estimate of drug-likeness (QED) is 0.752. The summed E-state index contributed by atoms with van der Waals surface area (Å²) < 4.78 is 5.41. The fourth-order valence-electron chi connectivity index (χ4n) is 1.39. The maximum Gasteiger partial charge on any atom is 0.223 e. The van der Waals surface area contributed by atoms with Crippen molar-refractivity contribution in [2.24, 2.45) is 0 Å². The molecular weight excluding hydrogens is 218 g/mol. The van der Waals surface area contributed by atoms with Crippen molar-refractivity contribution in [2.75, 3.05) is 13.2 Å². The molecule has 0 spiro atoms. The van der Waals surface area contributed by atoms with Crippen molar-refractivity contribution >= 4 is 5.91 Å². The number of aliphatic hydroxyl groups excluding tert-OH is 1. The summed E-state index contributed by atoms with van der Waals surface area (Å²) in [4.78, 5) is 11.4. The van der Waals surface area contributed by atoms with E-state index < -0.39 is 0 Å². The monoisotopic (exact) mass is 237 g/mol. The average Bonchev–Trinajstić information content (AvgIpc) is 2.30. The SMILES string of the molecule is CC(CCO)NC(=O)CCOc1ccccc1. The third kappa shape index (κ3) is 5.92. The van der Waals surface area contributed by atoms with Gasteiger partial charge in [-0.2, -0.15) is 0 Å². The zero-order valence-corrected chi connectivity index (χ0v) is 10.1. The Kier molecular flexibility index (Phi) is 6.10. The summed E-state index contributed by atoms with van der Waals surface area (Å²) in [5.41, 5.74) is 0. The van der Waals surface area contributed by atoms with Gasteiger partial charge in [0.05, 0.1) is 13.0 Å². The van der Waals surface area contributed by atoms with Crippen molar-refractivity contribution in [2.45, 2.75) is 25.8 Å². The lowest BCUT2D eigenvalue weighted by Crippen LogP contribution is -2.33. The highest BCUT2D eigenvalue weighted by molar-refractivity contribution is 5.76. The van der Waals surface area contributed by atoms with Gasteiger partial charge in [-0.05, 0) is 25.5 Å². The Bertz CT molecular complexity index is 327. The molecule has 0 aliphatic rings. The van der Waals surface area contributed by atoms with Crippen molar-refractivity contribution < 1.29 is 14.6 Å². The number of aliphatic hydroxyl groups is 1. The summed E-state index contributed by atoms with van der Waals surface area (Å²) in [6, 6.07) is 9.40. The largest absolute Gasteiger partial charge is 0.493 e. The smallest absolute Gasteiger partial charge is 0.223 e. The maximum absolute atomic E-state index is 11.4. The van der Waals surface area contributed by atoms with Gasteiger partial charge < -0.3 is 15.2 Å². The van der Waals surface area contributed by atoms with Crippen LogP contribution < -0.4 is 10.1 Å². The van der Waals surface area contributed by atoms with E-state index >= 15 is 0 Å². The molecule has 1 aromatic rings. The molecule has 4 heteroatoms. The van der Waals surface area contributed by atoms with Crippen LogP contribution in [0.25, 0.3) is 0 Å². The van der Waals surface area contributed by atoms with Crippen LogP contribution in [-0.2, 0) is 4.79 Å². The molecule has 0 bridgehead atoms. The molecule has 1 aromatic carbocycles. The van der Waals surface area contributed by atoms with E-state index in [0.717, 1.165) is 5.75 Å². The first-order chi connectivity index (χ1) is 8.22. The Morgan fingerprint density at radius 3 is 2.76 bits per heavy atom. The predicted molar refractivity (Wildman–Crippen MR) is 65.9 cm³/mol. The van der Waals surface area contributed by atoms with Crippen LogP contribution in [0.2, 0.25) is 0 Å². The maximum atomic E-state index is 11.4. The Morgan fingerprint density at radius 2 is 2.12 bits per heavy atom. The fraction of sp³-hybridized carbons (Fsp3) is 0.462. The lowest BCUT2D eigenvalue weighted by Gasteiger charge is -2.12. The minimum absolute atomic E-state index is 0.00391. The van der Waals surface area contributed by atoms with E-state index in [9.17, 15) is 4.79 Å². The van der Waals surface area contributed by atoms with E-state index in [0.29, 0.717) is 19.4 Å². The standard InChI is InChI=1S/C13H19NO3/c1-11(7-9-15)14-13(16)8-10-17-12-5-3-2-4-6-12/h2-6,11,15H,7-10H2,1H3,(H,14,16). The number of carbonyl (C=O) groups excluding carboxylic acids is 1. The fourth-order valence-corrected chi connectivity index (χ4v) is 1.39. The number of hydrogen-bond acceptors (Lipinski definition) is 3. The van der Waals surface area contributed by atoms with E-state index in [1.165, 1.54) is 0 Å². The summed E-state index contributed by atoms with van der Waals surface area (Å²) in [5.74, 6) is 0.714. The van der Waals surface area contributed by atoms with E-state index in [4.69, 9.17) is 9.84 Å². The Balaban J connectivity index is 2.16. The predicted octanol–water partition coefficient (Wildman–Crippen LogP) is 1.34. The second kappa shape index (κ2) is 7.68. The van der Waals surface area contributed by atoms with E-state index in [1.807, 2.05) is 37.3 Å². The minimum Gasteiger partial charge on any atom is -0.493 e. The lowest BCUT2D eigenvalue weighted by atomic mass is 10.2. The molecule has 0 aliphatic carbocycles. The number of amides is 1. The van der Waals surface area contributed by atoms with Crippen molar-refractivity contribution in [1.82, 2.24) is 5.32 Å². The van der Waals surface area contributed by atoms with Gasteiger partial charge in [0.25, 0.3) is 0 Å². The van der Waals surface area contributed by atoms with Gasteiger partial charge in [-0.15, -0.1) is 0 Å². The zero-order chi connectivity index (χ0) is 12.5. The number of nitrogens with one attached hydrogen (secondary N) is 1. The van der Waals surface area contributed by atoms with Crippen LogP contribution in [0.5, 0.6) is 5.75 Å². The lowest BCUT2D eigenvalue weighted by molar-refractivity contribution is -0.122. The van der Waals surface area contributed by atoms with Gasteiger partial charge in [0.2, 0.25) is 5.91 Å². The molecule has 0 aromatic heterocycles. The molecule has 2 N–H and O–H groups in total. The average molecular weight is 237 g/mol. The molecule has 1 amide bonds. The summed E-state index contributed by atoms with van der Waals surface area (Å²) in [6.07, 6.45) is 0.899. The van der Waals surface area contributed by atoms with Crippen LogP contribution in [0.15, 0.2) is 30.3 Å². The van der Waals surface area contributed by atoms with E-state index in [-0.39, 0.29) is 18.6 Å². The molecule has 0 radical (unpaired) electrons. The van der Waals surface area contributed by atoms with Gasteiger partial charge in [-0.25, -0.2) is 0 Å². The molecule has 94 valence electrons. The van der Waals surface area contributed by atoms with Crippen LogP contribution in [0.4, 0.5) is 0 Å². The number of benzene rings is 1. The Hall–Kier alpha value is -1.55. The number of carbonyl (C=O) groups is 1. The zero-order valence-electron chi connectivity index (χ0n) is 10.1. The molecule has 1 atom stereocenters. The van der Waals surface area contributed by atoms with Crippen molar-refractivity contribution in [3.05, 3.63) is 30.3 Å². The second-order valence-electron chi connectivity index (χ2n) is 3.89. The van der Waals surface area contributed by atoms with E-state index in [2.05, 4.69) is 5.32 Å². The third-order valence-corrected chi connectivity index (χ3v) is 2.31. The summed E-state index contributed by atoms with van der Waals surface area (Å²) >= 11 is 0. The topological polar surface area (TPSA) is 58.6 Å². The first kappa shape index (κ1) is 13.5. The van der Waals surface area contributed by atoms with Crippen molar-refractivity contribution in [1.29, 1.82) is 0 Å². The molecule has 0 saturated heterocycles. The van der Waals surface area contributed by atoms with Gasteiger partial charge in [0.15, 0.2) is 0 Å². The molecule has 17 heavy (non-hydrogen) atoms. The highest BCUT2D eigenvalue weighted by Gasteiger charge is 2.06. The first-order valence-corrected chi connectivity index (χ1v) is 5.80. The van der Waals surface area contributed by atoms with Crippen molar-refractivity contribution in [3.8, 4) is 5.75 Å². The third-order valence-electron chi connectivity index (χ3n) is 2.31. The van der Waals surface area contributed by atoms with Crippen LogP contribution in [-0.4, -0.2) is 30.3 Å². The molecule has 0 saturated carbocycles. The summed E-state index contributed by atoms with van der Waals surface area (Å²) in [7, 11) is 0.